The summed E-state index contributed by atoms with van der Waals surface area (Å²) < 4.78 is 0. The fraction of sp³-hybridized carbons (Fsp3) is 0.0132. The Morgan fingerprint density at radius 3 is 1.16 bits per heavy atom. The minimum atomic E-state index is 0. The third-order valence-electron chi connectivity index (χ3n) is 14.7. The second-order valence-corrected chi connectivity index (χ2v) is 19.8. The minimum Gasteiger partial charge on any atom is -0.305 e. The molecule has 0 bridgehead atoms. The van der Waals surface area contributed by atoms with Crippen LogP contribution in [0.5, 0.6) is 0 Å². The first kappa shape index (κ1) is 51.1. The van der Waals surface area contributed by atoms with E-state index in [1.165, 1.54) is 11.1 Å². The summed E-state index contributed by atoms with van der Waals surface area (Å²) in [6.45, 7) is 2.11. The molecular formula is C76H50IrN3. The Labute approximate surface area is 482 Å². The van der Waals surface area contributed by atoms with Gasteiger partial charge in [0, 0.05) is 18.6 Å². The smallest absolute Gasteiger partial charge is 0.305 e. The van der Waals surface area contributed by atoms with E-state index < -0.39 is 0 Å². The van der Waals surface area contributed by atoms with Crippen LogP contribution in [-0.2, 0) is 20.1 Å². The summed E-state index contributed by atoms with van der Waals surface area (Å²) >= 11 is 0. The number of hydrogen-bond donors (Lipinski definition) is 0. The zero-order valence-electron chi connectivity index (χ0n) is 43.8. The number of hydrogen-bond acceptors (Lipinski definition) is 3. The molecule has 13 aromatic rings. The maximum atomic E-state index is 4.84. The zero-order chi connectivity index (χ0) is 52.9. The summed E-state index contributed by atoms with van der Waals surface area (Å²) in [6.07, 6.45) is 5.53. The fourth-order valence-corrected chi connectivity index (χ4v) is 10.7. The third-order valence-corrected chi connectivity index (χ3v) is 14.7. The van der Waals surface area contributed by atoms with Crippen LogP contribution >= 0.6 is 0 Å². The molecule has 0 amide bonds. The second-order valence-electron chi connectivity index (χ2n) is 19.8. The molecule has 3 aromatic heterocycles. The number of nitrogens with zero attached hydrogens (tertiary/aromatic N) is 3. The van der Waals surface area contributed by atoms with Crippen LogP contribution in [0.25, 0.3) is 134 Å². The summed E-state index contributed by atoms with van der Waals surface area (Å²) in [7, 11) is 0. The number of pyridine rings is 3. The van der Waals surface area contributed by atoms with Crippen LogP contribution in [0.3, 0.4) is 0 Å². The molecule has 0 aliphatic carbocycles. The predicted molar refractivity (Wildman–Crippen MR) is 326 cm³/mol. The third kappa shape index (κ3) is 10.7. The van der Waals surface area contributed by atoms with E-state index in [9.17, 15) is 0 Å². The van der Waals surface area contributed by atoms with Crippen LogP contribution in [-0.4, -0.2) is 15.0 Å². The molecule has 0 spiro atoms. The van der Waals surface area contributed by atoms with Crippen LogP contribution in [0.4, 0.5) is 0 Å². The average molecular weight is 1200 g/mol. The Bertz CT molecular complexity index is 4130. The van der Waals surface area contributed by atoms with Crippen molar-refractivity contribution in [3.8, 4) is 134 Å². The van der Waals surface area contributed by atoms with E-state index in [0.29, 0.717) is 0 Å². The molecule has 0 aliphatic heterocycles. The van der Waals surface area contributed by atoms with Gasteiger partial charge in [-0.05, 0) is 128 Å². The summed E-state index contributed by atoms with van der Waals surface area (Å²) in [5.41, 5.74) is 26.7. The summed E-state index contributed by atoms with van der Waals surface area (Å²) in [5, 5.41) is 0. The first-order valence-corrected chi connectivity index (χ1v) is 26.6. The molecule has 0 unspecified atom stereocenters. The predicted octanol–water partition coefficient (Wildman–Crippen LogP) is 19.6. The van der Waals surface area contributed by atoms with Crippen LogP contribution in [0, 0.1) is 25.1 Å². The van der Waals surface area contributed by atoms with Gasteiger partial charge >= 0.3 is 20.1 Å². The quantitative estimate of drug-likeness (QED) is 0.114. The van der Waals surface area contributed by atoms with Gasteiger partial charge in [0.05, 0.1) is 0 Å². The zero-order valence-corrected chi connectivity index (χ0v) is 46.2. The SMILES string of the molecule is Cc1ccnc(-c2[c-]cc(-c3ccccc3-c3cc(-c4ccccc4-c4c[c-]c(-c5ccccn5)cc4)cc(-c4ccccc4-c4c[c-]c(-c5ccccn5)cc4)c3)c(-c3cccc(-c4ccc(-c5ccccc5)cc4)c3)c2)c1.[Ir+3]. The molecule has 80 heavy (non-hydrogen) atoms. The normalized spacial score (nSPS) is 11.0. The van der Waals surface area contributed by atoms with E-state index in [1.54, 1.807) is 0 Å². The molecule has 0 fully saturated rings. The van der Waals surface area contributed by atoms with Crippen LogP contribution in [0.15, 0.2) is 286 Å². The Morgan fingerprint density at radius 1 is 0.237 bits per heavy atom. The van der Waals surface area contributed by atoms with Gasteiger partial charge in [-0.1, -0.05) is 220 Å². The van der Waals surface area contributed by atoms with Gasteiger partial charge in [-0.3, -0.25) is 0 Å². The maximum absolute atomic E-state index is 4.84. The second kappa shape index (κ2) is 23.1. The topological polar surface area (TPSA) is 38.7 Å². The van der Waals surface area contributed by atoms with Crippen molar-refractivity contribution in [2.75, 3.05) is 0 Å². The number of rotatable bonds is 12. The number of benzene rings is 10. The molecule has 0 saturated heterocycles. The molecule has 10 aromatic carbocycles. The van der Waals surface area contributed by atoms with E-state index in [4.69, 9.17) is 4.98 Å². The van der Waals surface area contributed by atoms with Crippen molar-refractivity contribution in [3.05, 3.63) is 309 Å². The van der Waals surface area contributed by atoms with E-state index >= 15 is 0 Å². The molecule has 4 heteroatoms. The Morgan fingerprint density at radius 2 is 0.650 bits per heavy atom. The van der Waals surface area contributed by atoms with Gasteiger partial charge < -0.3 is 15.0 Å². The van der Waals surface area contributed by atoms with Crippen molar-refractivity contribution in [1.29, 1.82) is 0 Å². The Hall–Kier alpha value is -9.70. The van der Waals surface area contributed by atoms with Crippen molar-refractivity contribution < 1.29 is 20.1 Å². The van der Waals surface area contributed by atoms with E-state index in [0.717, 1.165) is 128 Å². The Balaban J connectivity index is 0.00000637. The molecule has 378 valence electrons. The molecule has 3 nitrogen and oxygen atoms in total. The molecule has 0 atom stereocenters. The van der Waals surface area contributed by atoms with E-state index in [2.05, 4.69) is 260 Å². The molecule has 0 radical (unpaired) electrons. The van der Waals surface area contributed by atoms with Gasteiger partial charge in [-0.15, -0.1) is 83.4 Å². The average Bonchev–Trinajstić information content (AvgIpc) is 3.69. The minimum absolute atomic E-state index is 0. The van der Waals surface area contributed by atoms with Gasteiger partial charge in [-0.25, -0.2) is 0 Å². The van der Waals surface area contributed by atoms with Gasteiger partial charge in [0.25, 0.3) is 0 Å². The summed E-state index contributed by atoms with van der Waals surface area (Å²) in [5.74, 6) is 0. The fourth-order valence-electron chi connectivity index (χ4n) is 10.7. The van der Waals surface area contributed by atoms with E-state index in [-0.39, 0.29) is 20.1 Å². The van der Waals surface area contributed by atoms with Crippen molar-refractivity contribution in [2.45, 2.75) is 6.92 Å². The van der Waals surface area contributed by atoms with Crippen LogP contribution < -0.4 is 0 Å². The van der Waals surface area contributed by atoms with Crippen molar-refractivity contribution in [2.24, 2.45) is 0 Å². The van der Waals surface area contributed by atoms with Crippen LogP contribution in [0.1, 0.15) is 5.56 Å². The van der Waals surface area contributed by atoms with Gasteiger partial charge in [0.15, 0.2) is 0 Å². The van der Waals surface area contributed by atoms with Crippen LogP contribution in [0.2, 0.25) is 0 Å². The van der Waals surface area contributed by atoms with Gasteiger partial charge in [-0.2, -0.15) is 0 Å². The maximum Gasteiger partial charge on any atom is 3.00 e. The number of aromatic nitrogens is 3. The van der Waals surface area contributed by atoms with E-state index in [1.807, 2.05) is 61.1 Å². The molecule has 3 heterocycles. The van der Waals surface area contributed by atoms with Gasteiger partial charge in [0.1, 0.15) is 0 Å². The molecule has 0 aliphatic rings. The molecule has 0 saturated carbocycles. The van der Waals surface area contributed by atoms with Crippen molar-refractivity contribution >= 4 is 0 Å². The first-order valence-electron chi connectivity index (χ1n) is 26.6. The molecule has 0 N–H and O–H groups in total. The van der Waals surface area contributed by atoms with Crippen molar-refractivity contribution in [1.82, 2.24) is 15.0 Å². The van der Waals surface area contributed by atoms with Crippen molar-refractivity contribution in [3.63, 3.8) is 0 Å². The molecule has 13 rings (SSSR count). The van der Waals surface area contributed by atoms with Gasteiger partial charge in [0.2, 0.25) is 0 Å². The Kier molecular flexibility index (Phi) is 14.7. The number of aryl methyl sites for hydroxylation is 1. The first-order chi connectivity index (χ1) is 39.1. The monoisotopic (exact) mass is 1200 g/mol. The largest absolute Gasteiger partial charge is 3.00 e. The summed E-state index contributed by atoms with van der Waals surface area (Å²) in [6, 6.07) is 106. The summed E-state index contributed by atoms with van der Waals surface area (Å²) in [4.78, 5) is 14.0. The standard InChI is InChI=1S/C76H50N3.Ir/c1-52-42-45-79-76(46-52)62-40-41-72(73(51-62)61-19-15-18-60(47-61)55-30-28-54(29-31-55)53-16-3-2-4-17-53)71-25-10-9-24-70(71)65-49-63(68-22-7-5-20-66(68)56-32-36-58(37-33-56)74-26-11-13-43-77-74)48-64(50-65)69-23-8-6-21-67(69)57-34-38-59(39-35-57)75-27-12-14-44-78-75;/h2-36,38,41-51H,1H3;/q-3;+3. The molecular weight excluding hydrogens is 1150 g/mol.